The maximum Gasteiger partial charge on any atom is 0.187 e. The van der Waals surface area contributed by atoms with Gasteiger partial charge in [-0.2, -0.15) is 0 Å². The third-order valence-corrected chi connectivity index (χ3v) is 11.5. The molecule has 0 spiro atoms. The fourth-order valence-corrected chi connectivity index (χ4v) is 7.42. The normalized spacial score (nSPS) is 46.6. The highest BCUT2D eigenvalue weighted by Crippen LogP contribution is 2.36. The van der Waals surface area contributed by atoms with E-state index in [1.54, 1.807) is 20.8 Å². The molecule has 4 aliphatic heterocycles. The van der Waals surface area contributed by atoms with Gasteiger partial charge >= 0.3 is 0 Å². The minimum absolute atomic E-state index is 0.370. The summed E-state index contributed by atoms with van der Waals surface area (Å²) in [5.74, 6) is -2.18. The number of ether oxygens (including phenoxy) is 9. The standard InChI is InChI=1S/C35H64O22/c1-12-15(4)49-20(9-39)31(24(12)43)56-34-14(3)25(44)30(21(10-40)54-34)55-22(11-41)51-17(6-36)26(45)16(5)50-35-32(29(48)28(47)19(8-38)53-35)57-33-13(2)23(42)27(46)18(7-37)52-33/h12-48H,6-11H2,1-5H3/t12-,13+,14+,15+,16-,17?,18?,19-,20?,21?,22+,23?,24?,25?,26+,27-,28-,29?,30-,31-,32?,33+,34+,35+/m1/s1. The molecule has 4 rings (SSSR count). The van der Waals surface area contributed by atoms with Crippen molar-refractivity contribution >= 4 is 0 Å². The molecule has 0 aromatic rings. The van der Waals surface area contributed by atoms with Gasteiger partial charge in [-0.15, -0.1) is 0 Å². The van der Waals surface area contributed by atoms with Crippen LogP contribution in [0.3, 0.4) is 0 Å². The molecule has 22 nitrogen and oxygen atoms in total. The van der Waals surface area contributed by atoms with Crippen LogP contribution < -0.4 is 0 Å². The Morgan fingerprint density at radius 1 is 0.491 bits per heavy atom. The molecule has 0 bridgehead atoms. The van der Waals surface area contributed by atoms with Crippen LogP contribution in [0.1, 0.15) is 34.6 Å². The van der Waals surface area contributed by atoms with Crippen molar-refractivity contribution in [1.82, 2.24) is 0 Å². The maximum absolute atomic E-state index is 11.3. The van der Waals surface area contributed by atoms with E-state index in [2.05, 4.69) is 0 Å². The molecule has 13 N–H and O–H groups in total. The summed E-state index contributed by atoms with van der Waals surface area (Å²) in [4.78, 5) is 0. The SMILES string of the molecule is C[C@@H]1OC(CO)[C@@H](O[C@@H]2OC(CO)[C@@H](O[C@@H](CO)OC(CO)[C@@H](O)[C@@H](C)O[C@H]3O[C@H](CO)[C@@H](O)C(O)C3O[C@@H]3OC(CO)[C@@H](O)C(O)[C@@H]3C)C(O)[C@@H]2C)C(O)[C@@H]1C. The van der Waals surface area contributed by atoms with Gasteiger partial charge in [0, 0.05) is 17.8 Å². The van der Waals surface area contributed by atoms with Crippen LogP contribution in [-0.2, 0) is 42.6 Å². The molecule has 4 heterocycles. The Kier molecular flexibility index (Phi) is 18.6. The Bertz CT molecular complexity index is 1170. The zero-order chi connectivity index (χ0) is 42.5. The number of aliphatic hydroxyl groups is 13. The first-order valence-corrected chi connectivity index (χ1v) is 19.3. The zero-order valence-corrected chi connectivity index (χ0v) is 32.6. The minimum Gasteiger partial charge on any atom is -0.394 e. The average molecular weight is 837 g/mol. The van der Waals surface area contributed by atoms with E-state index in [9.17, 15) is 66.4 Å². The Balaban J connectivity index is 1.42. The Labute approximate surface area is 329 Å². The van der Waals surface area contributed by atoms with Crippen molar-refractivity contribution < 1.29 is 109 Å². The second kappa shape index (κ2) is 21.8. The lowest BCUT2D eigenvalue weighted by Gasteiger charge is -2.48. The van der Waals surface area contributed by atoms with Crippen molar-refractivity contribution in [3.05, 3.63) is 0 Å². The first-order valence-electron chi connectivity index (χ1n) is 19.3. The van der Waals surface area contributed by atoms with E-state index in [1.165, 1.54) is 13.8 Å². The molecule has 4 aliphatic rings. The number of aliphatic hydroxyl groups excluding tert-OH is 13. The van der Waals surface area contributed by atoms with Crippen LogP contribution in [0.2, 0.25) is 0 Å². The van der Waals surface area contributed by atoms with E-state index >= 15 is 0 Å². The molecule has 0 aliphatic carbocycles. The van der Waals surface area contributed by atoms with E-state index in [0.717, 1.165) is 0 Å². The highest BCUT2D eigenvalue weighted by molar-refractivity contribution is 4.95. The first kappa shape index (κ1) is 48.8. The fraction of sp³-hybridized carbons (Fsp3) is 1.00. The van der Waals surface area contributed by atoms with Gasteiger partial charge in [0.2, 0.25) is 0 Å². The van der Waals surface area contributed by atoms with Gasteiger partial charge < -0.3 is 109 Å². The summed E-state index contributed by atoms with van der Waals surface area (Å²) in [5.41, 5.74) is 0. The second-order valence-corrected chi connectivity index (χ2v) is 15.4. The van der Waals surface area contributed by atoms with E-state index < -0.39 is 174 Å². The Hall–Kier alpha value is -0.880. The van der Waals surface area contributed by atoms with Crippen LogP contribution in [0.4, 0.5) is 0 Å². The van der Waals surface area contributed by atoms with Gasteiger partial charge in [-0.05, 0) is 13.8 Å². The van der Waals surface area contributed by atoms with Crippen LogP contribution in [-0.4, -0.2) is 235 Å². The molecule has 0 aromatic carbocycles. The average Bonchev–Trinajstić information content (AvgIpc) is 3.20. The van der Waals surface area contributed by atoms with Crippen molar-refractivity contribution in [1.29, 1.82) is 0 Å². The van der Waals surface area contributed by atoms with Crippen molar-refractivity contribution in [2.75, 3.05) is 39.6 Å². The van der Waals surface area contributed by atoms with E-state index in [0.29, 0.717) is 0 Å². The number of hydrogen-bond donors (Lipinski definition) is 13. The third kappa shape index (κ3) is 11.0. The summed E-state index contributed by atoms with van der Waals surface area (Å²) < 4.78 is 52.2. The fourth-order valence-electron chi connectivity index (χ4n) is 7.42. The summed E-state index contributed by atoms with van der Waals surface area (Å²) in [7, 11) is 0. The molecular weight excluding hydrogens is 772 g/mol. The van der Waals surface area contributed by atoms with Gasteiger partial charge in [-0.1, -0.05) is 20.8 Å². The summed E-state index contributed by atoms with van der Waals surface area (Å²) in [6.07, 6.45) is -28.7. The van der Waals surface area contributed by atoms with Crippen molar-refractivity contribution in [2.45, 2.75) is 164 Å². The lowest BCUT2D eigenvalue weighted by molar-refractivity contribution is -0.369. The van der Waals surface area contributed by atoms with Gasteiger partial charge in [0.25, 0.3) is 0 Å². The van der Waals surface area contributed by atoms with Crippen LogP contribution in [0.25, 0.3) is 0 Å². The molecule has 0 aromatic heterocycles. The highest BCUT2D eigenvalue weighted by Gasteiger charge is 2.52. The molecule has 336 valence electrons. The van der Waals surface area contributed by atoms with Gasteiger partial charge in [-0.3, -0.25) is 0 Å². The van der Waals surface area contributed by atoms with Gasteiger partial charge in [0.1, 0.15) is 73.2 Å². The molecule has 9 unspecified atom stereocenters. The lowest BCUT2D eigenvalue weighted by atomic mass is 9.88. The lowest BCUT2D eigenvalue weighted by Crippen LogP contribution is -2.64. The topological polar surface area (TPSA) is 346 Å². The predicted molar refractivity (Wildman–Crippen MR) is 186 cm³/mol. The van der Waals surface area contributed by atoms with Crippen LogP contribution in [0, 0.1) is 17.8 Å². The third-order valence-electron chi connectivity index (χ3n) is 11.5. The molecular formula is C35H64O22. The zero-order valence-electron chi connectivity index (χ0n) is 32.6. The molecule has 4 fully saturated rings. The monoisotopic (exact) mass is 836 g/mol. The predicted octanol–water partition coefficient (Wildman–Crippen LogP) is -6.39. The van der Waals surface area contributed by atoms with E-state index in [1.807, 2.05) is 0 Å². The molecule has 4 saturated heterocycles. The van der Waals surface area contributed by atoms with Crippen LogP contribution >= 0.6 is 0 Å². The molecule has 24 atom stereocenters. The number of rotatable bonds is 18. The summed E-state index contributed by atoms with van der Waals surface area (Å²) >= 11 is 0. The van der Waals surface area contributed by atoms with Crippen LogP contribution in [0.5, 0.6) is 0 Å². The summed E-state index contributed by atoms with van der Waals surface area (Å²) in [6.45, 7) is 3.40. The molecule has 0 amide bonds. The molecule has 57 heavy (non-hydrogen) atoms. The summed E-state index contributed by atoms with van der Waals surface area (Å²) in [5, 5.41) is 136. The Morgan fingerprint density at radius 2 is 0.965 bits per heavy atom. The maximum atomic E-state index is 11.3. The van der Waals surface area contributed by atoms with Crippen molar-refractivity contribution in [3.8, 4) is 0 Å². The van der Waals surface area contributed by atoms with Gasteiger partial charge in [0.15, 0.2) is 25.2 Å². The summed E-state index contributed by atoms with van der Waals surface area (Å²) in [6, 6.07) is 0. The molecule has 0 radical (unpaired) electrons. The van der Waals surface area contributed by atoms with E-state index in [-0.39, 0.29) is 12.0 Å². The Morgan fingerprint density at radius 3 is 1.51 bits per heavy atom. The van der Waals surface area contributed by atoms with Crippen molar-refractivity contribution in [3.63, 3.8) is 0 Å². The van der Waals surface area contributed by atoms with Gasteiger partial charge in [0.05, 0.1) is 70.2 Å². The second-order valence-electron chi connectivity index (χ2n) is 15.4. The quantitative estimate of drug-likeness (QED) is 0.0571. The largest absolute Gasteiger partial charge is 0.394 e. The van der Waals surface area contributed by atoms with E-state index in [4.69, 9.17) is 42.6 Å². The first-order chi connectivity index (χ1) is 27.0. The number of hydrogen-bond acceptors (Lipinski definition) is 22. The smallest absolute Gasteiger partial charge is 0.187 e. The minimum atomic E-state index is -1.80. The molecule has 22 heteroatoms. The molecule has 0 saturated carbocycles. The van der Waals surface area contributed by atoms with Crippen LogP contribution in [0.15, 0.2) is 0 Å². The van der Waals surface area contributed by atoms with Gasteiger partial charge in [-0.25, -0.2) is 0 Å². The highest BCUT2D eigenvalue weighted by atomic mass is 16.8. The van der Waals surface area contributed by atoms with Crippen molar-refractivity contribution in [2.24, 2.45) is 17.8 Å².